The predicted octanol–water partition coefficient (Wildman–Crippen LogP) is -1.74. The van der Waals surface area contributed by atoms with Gasteiger partial charge in [-0.1, -0.05) is 19.9 Å². The molecule has 2 saturated heterocycles. The second kappa shape index (κ2) is 8.60. The fraction of sp³-hybridized carbons (Fsp3) is 0.905. The van der Waals surface area contributed by atoms with Gasteiger partial charge in [0.2, 0.25) is 0 Å². The van der Waals surface area contributed by atoms with Crippen LogP contribution in [0, 0.1) is 17.3 Å². The van der Waals surface area contributed by atoms with E-state index in [0.717, 1.165) is 18.4 Å². The van der Waals surface area contributed by atoms with E-state index >= 15 is 0 Å². The maximum atomic E-state index is 10.3. The number of hydrogen-bond acceptors (Lipinski definition) is 10. The predicted molar refractivity (Wildman–Crippen MR) is 104 cm³/mol. The molecule has 3 fully saturated rings. The minimum atomic E-state index is -1.83. The van der Waals surface area contributed by atoms with Crippen LogP contribution in [0.3, 0.4) is 0 Å². The van der Waals surface area contributed by atoms with Crippen molar-refractivity contribution in [1.29, 1.82) is 0 Å². The monoisotopic (exact) mass is 446 g/mol. The highest BCUT2D eigenvalue weighted by atomic mass is 16.7. The first kappa shape index (κ1) is 23.5. The van der Waals surface area contributed by atoms with E-state index in [1.165, 1.54) is 0 Å². The van der Waals surface area contributed by atoms with Crippen LogP contribution in [0.2, 0.25) is 0 Å². The molecular weight excluding hydrogens is 412 g/mol. The number of ether oxygens (including phenoxy) is 4. The average Bonchev–Trinajstić information content (AvgIpc) is 3.05. The van der Waals surface area contributed by atoms with Gasteiger partial charge in [0.25, 0.3) is 0 Å². The number of hydrogen-bond donors (Lipinski definition) is 6. The largest absolute Gasteiger partial charge is 0.393 e. The molecule has 0 radical (unpaired) electrons. The highest BCUT2D eigenvalue weighted by Gasteiger charge is 2.52. The molecule has 10 atom stereocenters. The van der Waals surface area contributed by atoms with Crippen molar-refractivity contribution < 1.29 is 49.6 Å². The molecule has 10 nitrogen and oxygen atoms in total. The van der Waals surface area contributed by atoms with Gasteiger partial charge in [-0.15, -0.1) is 0 Å². The van der Waals surface area contributed by atoms with E-state index in [4.69, 9.17) is 18.9 Å². The highest BCUT2D eigenvalue weighted by molar-refractivity contribution is 5.23. The lowest BCUT2D eigenvalue weighted by Crippen LogP contribution is -2.60. The number of aliphatic hydroxyl groups excluding tert-OH is 5. The molecule has 0 unspecified atom stereocenters. The van der Waals surface area contributed by atoms with Crippen molar-refractivity contribution in [2.45, 2.75) is 75.4 Å². The van der Waals surface area contributed by atoms with Crippen LogP contribution in [0.25, 0.3) is 0 Å². The van der Waals surface area contributed by atoms with Gasteiger partial charge in [0.05, 0.1) is 26.4 Å². The molecule has 3 aliphatic carbocycles. The van der Waals surface area contributed by atoms with Crippen molar-refractivity contribution in [2.75, 3.05) is 26.4 Å². The van der Waals surface area contributed by atoms with Gasteiger partial charge in [-0.05, 0) is 35.7 Å². The van der Waals surface area contributed by atoms with E-state index in [1.807, 2.05) is 0 Å². The van der Waals surface area contributed by atoms with Crippen LogP contribution >= 0.6 is 0 Å². The lowest BCUT2D eigenvalue weighted by Gasteiger charge is -2.56. The molecule has 178 valence electrons. The third-order valence-electron chi connectivity index (χ3n) is 7.67. The summed E-state index contributed by atoms with van der Waals surface area (Å²) in [7, 11) is 0. The van der Waals surface area contributed by atoms with Gasteiger partial charge in [-0.2, -0.15) is 0 Å². The van der Waals surface area contributed by atoms with Gasteiger partial charge in [0.1, 0.15) is 36.1 Å². The van der Waals surface area contributed by atoms with Gasteiger partial charge in [-0.3, -0.25) is 0 Å². The summed E-state index contributed by atoms with van der Waals surface area (Å²) in [4.78, 5) is 0. The third kappa shape index (κ3) is 4.08. The second-order valence-corrected chi connectivity index (χ2v) is 9.87. The fourth-order valence-electron chi connectivity index (χ4n) is 5.14. The Labute approximate surface area is 181 Å². The van der Waals surface area contributed by atoms with Crippen LogP contribution in [-0.2, 0) is 18.9 Å². The SMILES string of the molecule is CC1(C)[C@@H]2CC=C(CO[C@@H]3O[C@H](CO[C@@H]4OC[C@](O)(CO)[C@H]4O)[C@@H](O)[C@H](O)[C@H]3O)[C@H]1C2. The molecule has 2 heterocycles. The summed E-state index contributed by atoms with van der Waals surface area (Å²) >= 11 is 0. The van der Waals surface area contributed by atoms with E-state index in [1.54, 1.807) is 0 Å². The van der Waals surface area contributed by atoms with Crippen LogP contribution in [0.4, 0.5) is 0 Å². The Balaban J connectivity index is 1.33. The summed E-state index contributed by atoms with van der Waals surface area (Å²) in [6.45, 7) is 3.43. The molecule has 31 heavy (non-hydrogen) atoms. The zero-order valence-electron chi connectivity index (χ0n) is 17.8. The zero-order chi connectivity index (χ0) is 22.6. The van der Waals surface area contributed by atoms with E-state index in [0.29, 0.717) is 11.8 Å². The molecule has 0 spiro atoms. The van der Waals surface area contributed by atoms with Crippen molar-refractivity contribution in [3.8, 4) is 0 Å². The van der Waals surface area contributed by atoms with E-state index in [2.05, 4.69) is 19.9 Å². The molecule has 2 bridgehead atoms. The van der Waals surface area contributed by atoms with Crippen LogP contribution in [0.15, 0.2) is 11.6 Å². The number of fused-ring (bicyclic) bond motifs is 1. The topological polar surface area (TPSA) is 158 Å². The molecular formula is C21H34O10. The fourth-order valence-corrected chi connectivity index (χ4v) is 5.14. The standard InChI is InChI=1S/C21H34O10/c1-20(2)11-4-3-10(12(20)5-11)6-28-18-16(25)15(24)14(23)13(31-18)7-29-19-17(26)21(27,8-22)9-30-19/h3,11-19,22-27H,4-9H2,1-2H3/t11-,12-,13-,14-,15+,16-,17+,18-,19-,21-/m1/s1. The van der Waals surface area contributed by atoms with Crippen LogP contribution in [-0.4, -0.2) is 106 Å². The normalized spacial score (nSPS) is 48.9. The molecule has 0 aromatic heterocycles. The first-order valence-electron chi connectivity index (χ1n) is 10.8. The Morgan fingerprint density at radius 2 is 1.81 bits per heavy atom. The highest BCUT2D eigenvalue weighted by Crippen LogP contribution is 2.59. The molecule has 5 aliphatic rings. The minimum Gasteiger partial charge on any atom is -0.393 e. The van der Waals surface area contributed by atoms with E-state index in [-0.39, 0.29) is 25.2 Å². The van der Waals surface area contributed by atoms with E-state index < -0.39 is 55.3 Å². The molecule has 6 N–H and O–H groups in total. The van der Waals surface area contributed by atoms with Crippen molar-refractivity contribution in [3.05, 3.63) is 11.6 Å². The number of rotatable bonds is 7. The molecule has 0 aromatic rings. The Bertz CT molecular complexity index is 683. The van der Waals surface area contributed by atoms with Crippen molar-refractivity contribution >= 4 is 0 Å². The maximum Gasteiger partial charge on any atom is 0.187 e. The Hall–Kier alpha value is -0.660. The molecule has 0 aromatic carbocycles. The summed E-state index contributed by atoms with van der Waals surface area (Å²) in [5, 5.41) is 60.1. The van der Waals surface area contributed by atoms with Crippen molar-refractivity contribution in [2.24, 2.45) is 17.3 Å². The summed E-state index contributed by atoms with van der Waals surface area (Å²) in [5.41, 5.74) is -0.452. The third-order valence-corrected chi connectivity index (χ3v) is 7.67. The van der Waals surface area contributed by atoms with Gasteiger partial charge < -0.3 is 49.6 Å². The summed E-state index contributed by atoms with van der Waals surface area (Å²) in [5.74, 6) is 1.11. The maximum absolute atomic E-state index is 10.3. The molecule has 0 amide bonds. The summed E-state index contributed by atoms with van der Waals surface area (Å²) < 4.78 is 22.0. The zero-order valence-corrected chi connectivity index (χ0v) is 17.8. The lowest BCUT2D eigenvalue weighted by molar-refractivity contribution is -0.308. The Morgan fingerprint density at radius 3 is 2.42 bits per heavy atom. The van der Waals surface area contributed by atoms with Crippen LogP contribution in [0.5, 0.6) is 0 Å². The quantitative estimate of drug-likeness (QED) is 0.248. The van der Waals surface area contributed by atoms with E-state index in [9.17, 15) is 30.6 Å². The molecule has 1 saturated carbocycles. The minimum absolute atomic E-state index is 0.226. The van der Waals surface area contributed by atoms with Gasteiger partial charge in [0, 0.05) is 0 Å². The molecule has 10 heteroatoms. The van der Waals surface area contributed by atoms with Crippen LogP contribution < -0.4 is 0 Å². The molecule has 2 aliphatic heterocycles. The Kier molecular flexibility index (Phi) is 6.52. The van der Waals surface area contributed by atoms with Gasteiger partial charge in [0.15, 0.2) is 12.6 Å². The van der Waals surface area contributed by atoms with Gasteiger partial charge >= 0.3 is 0 Å². The van der Waals surface area contributed by atoms with Crippen molar-refractivity contribution in [1.82, 2.24) is 0 Å². The average molecular weight is 446 g/mol. The number of allylic oxidation sites excluding steroid dienone is 1. The smallest absolute Gasteiger partial charge is 0.187 e. The van der Waals surface area contributed by atoms with Crippen molar-refractivity contribution in [3.63, 3.8) is 0 Å². The van der Waals surface area contributed by atoms with Crippen LogP contribution in [0.1, 0.15) is 26.7 Å². The van der Waals surface area contributed by atoms with Gasteiger partial charge in [-0.25, -0.2) is 0 Å². The first-order valence-corrected chi connectivity index (χ1v) is 10.8. The summed E-state index contributed by atoms with van der Waals surface area (Å²) in [6, 6.07) is 0. The summed E-state index contributed by atoms with van der Waals surface area (Å²) in [6.07, 6.45) is -5.07. The molecule has 5 rings (SSSR count). The first-order chi connectivity index (χ1) is 14.6. The second-order valence-electron chi connectivity index (χ2n) is 9.87. The lowest BCUT2D eigenvalue weighted by atomic mass is 9.49. The Morgan fingerprint density at radius 1 is 1.06 bits per heavy atom. The number of aliphatic hydroxyl groups is 6.